The highest BCUT2D eigenvalue weighted by Gasteiger charge is 2.28. The van der Waals surface area contributed by atoms with Crippen molar-refractivity contribution < 1.29 is 9.59 Å². The van der Waals surface area contributed by atoms with Crippen LogP contribution in [0.2, 0.25) is 0 Å². The molecule has 12 nitrogen and oxygen atoms in total. The molecule has 5 heterocycles. The first-order valence-electron chi connectivity index (χ1n) is 12.4. The molecule has 6 rings (SSSR count). The molecule has 1 fully saturated rings. The topological polar surface area (TPSA) is 137 Å². The zero-order valence-corrected chi connectivity index (χ0v) is 21.2. The fourth-order valence-corrected chi connectivity index (χ4v) is 4.37. The highest BCUT2D eigenvalue weighted by Crippen LogP contribution is 2.40. The summed E-state index contributed by atoms with van der Waals surface area (Å²) in [6.45, 7) is 4.05. The molecule has 2 N–H and O–H groups in total. The largest absolute Gasteiger partial charge is 0.329 e. The molecule has 12 heteroatoms. The van der Waals surface area contributed by atoms with Gasteiger partial charge >= 0.3 is 6.03 Å². The number of aryl methyl sites for hydroxylation is 1. The zero-order valence-electron chi connectivity index (χ0n) is 21.2. The molecule has 0 spiro atoms. The number of nitrogens with zero attached hydrogens (tertiary/aromatic N) is 8. The molecule has 5 aromatic rings. The molecule has 5 aromatic heterocycles. The minimum atomic E-state index is -0.471. The van der Waals surface area contributed by atoms with Crippen LogP contribution in [0.1, 0.15) is 60.3 Å². The average molecular weight is 511 g/mol. The molecule has 38 heavy (non-hydrogen) atoms. The maximum atomic E-state index is 13.3. The molecule has 0 aromatic carbocycles. The normalized spacial score (nSPS) is 13.3. The van der Waals surface area contributed by atoms with E-state index >= 15 is 0 Å². The number of carbonyl (C=O) groups is 2. The van der Waals surface area contributed by atoms with Gasteiger partial charge in [0, 0.05) is 54.6 Å². The number of carbonyl (C=O) groups excluding carboxylic acids is 2. The quantitative estimate of drug-likeness (QED) is 0.315. The van der Waals surface area contributed by atoms with Gasteiger partial charge in [0.2, 0.25) is 0 Å². The highest BCUT2D eigenvalue weighted by atomic mass is 16.2. The van der Waals surface area contributed by atoms with Crippen molar-refractivity contribution in [2.24, 2.45) is 7.05 Å². The Bertz CT molecular complexity index is 1660. The molecule has 2 amide bonds. The zero-order chi connectivity index (χ0) is 26.4. The lowest BCUT2D eigenvalue weighted by molar-refractivity contribution is 0.103. The molecule has 0 atom stereocenters. The second-order valence-electron chi connectivity index (χ2n) is 9.66. The Morgan fingerprint density at radius 1 is 1.05 bits per heavy atom. The molecule has 192 valence electrons. The van der Waals surface area contributed by atoms with Gasteiger partial charge in [0.25, 0.3) is 0 Å². The third-order valence-electron chi connectivity index (χ3n) is 6.46. The maximum Gasteiger partial charge on any atom is 0.326 e. The van der Waals surface area contributed by atoms with Crippen molar-refractivity contribution in [2.45, 2.75) is 38.6 Å². The van der Waals surface area contributed by atoms with E-state index in [0.29, 0.717) is 39.7 Å². The van der Waals surface area contributed by atoms with Crippen LogP contribution in [0.25, 0.3) is 16.7 Å². The fourth-order valence-electron chi connectivity index (χ4n) is 4.37. The third kappa shape index (κ3) is 4.40. The summed E-state index contributed by atoms with van der Waals surface area (Å²) >= 11 is 0. The van der Waals surface area contributed by atoms with E-state index in [4.69, 9.17) is 0 Å². The Balaban J connectivity index is 1.19. The van der Waals surface area contributed by atoms with Crippen LogP contribution in [-0.2, 0) is 7.05 Å². The van der Waals surface area contributed by atoms with Crippen LogP contribution in [0, 0.1) is 0 Å². The molecular weight excluding hydrogens is 484 g/mol. The van der Waals surface area contributed by atoms with Gasteiger partial charge in [-0.25, -0.2) is 24.4 Å². The Hall–Kier alpha value is -4.87. The predicted molar refractivity (Wildman–Crippen MR) is 141 cm³/mol. The van der Waals surface area contributed by atoms with Crippen molar-refractivity contribution in [3.63, 3.8) is 0 Å². The van der Waals surface area contributed by atoms with E-state index in [1.165, 1.54) is 12.5 Å². The van der Waals surface area contributed by atoms with Crippen LogP contribution >= 0.6 is 0 Å². The molecule has 1 aliphatic rings. The molecule has 0 radical (unpaired) electrons. The Labute approximate surface area is 217 Å². The predicted octanol–water partition coefficient (Wildman–Crippen LogP) is 4.08. The molecule has 0 bridgehead atoms. The summed E-state index contributed by atoms with van der Waals surface area (Å²) in [4.78, 5) is 38.8. The number of pyridine rings is 1. The number of aromatic nitrogens is 8. The van der Waals surface area contributed by atoms with Crippen molar-refractivity contribution in [3.8, 4) is 5.69 Å². The number of rotatable bonds is 7. The van der Waals surface area contributed by atoms with Crippen molar-refractivity contribution in [1.82, 2.24) is 39.1 Å². The minimum absolute atomic E-state index is 0.131. The Kier molecular flexibility index (Phi) is 5.70. The lowest BCUT2D eigenvalue weighted by atomic mass is 10.1. The van der Waals surface area contributed by atoms with E-state index in [0.717, 1.165) is 24.2 Å². The summed E-state index contributed by atoms with van der Waals surface area (Å²) in [6.07, 6.45) is 12.1. The lowest BCUT2D eigenvalue weighted by Crippen LogP contribution is -2.22. The van der Waals surface area contributed by atoms with Crippen molar-refractivity contribution in [3.05, 3.63) is 72.3 Å². The molecular formula is C26H26N10O2. The van der Waals surface area contributed by atoms with E-state index < -0.39 is 6.03 Å². The van der Waals surface area contributed by atoms with Crippen LogP contribution in [0.4, 0.5) is 16.4 Å². The summed E-state index contributed by atoms with van der Waals surface area (Å²) < 4.78 is 5.30. The summed E-state index contributed by atoms with van der Waals surface area (Å²) in [7, 11) is 1.82. The van der Waals surface area contributed by atoms with Crippen LogP contribution in [0.15, 0.2) is 55.5 Å². The van der Waals surface area contributed by atoms with Crippen LogP contribution in [-0.4, -0.2) is 50.9 Å². The van der Waals surface area contributed by atoms with E-state index in [9.17, 15) is 9.59 Å². The maximum absolute atomic E-state index is 13.3. The van der Waals surface area contributed by atoms with Crippen LogP contribution < -0.4 is 10.6 Å². The van der Waals surface area contributed by atoms with E-state index in [-0.39, 0.29) is 11.8 Å². The standard InChI is InChI=1S/C26H26N10O2/c1-15(2)35-13-20(19-11-27-14-29-25(19)35)24(37)17-6-7-22(28-9-17)31-26(38)32-23-8-21(16-4-5-16)33-36(23)18-10-30-34(3)12-18/h6-16H,4-5H2,1-3H3,(H2,28,31,32,38). The van der Waals surface area contributed by atoms with Crippen molar-refractivity contribution in [2.75, 3.05) is 10.6 Å². The smallest absolute Gasteiger partial charge is 0.326 e. The number of hydrogen-bond acceptors (Lipinski definition) is 7. The summed E-state index contributed by atoms with van der Waals surface area (Å²) in [5.74, 6) is 1.07. The number of anilines is 2. The highest BCUT2D eigenvalue weighted by molar-refractivity contribution is 6.16. The molecule has 0 aliphatic heterocycles. The van der Waals surface area contributed by atoms with Gasteiger partial charge in [-0.15, -0.1) is 0 Å². The average Bonchev–Trinajstić information content (AvgIpc) is 3.34. The fraction of sp³-hybridized carbons (Fsp3) is 0.269. The van der Waals surface area contributed by atoms with Crippen LogP contribution in [0.5, 0.6) is 0 Å². The summed E-state index contributed by atoms with van der Waals surface area (Å²) in [6, 6.07) is 4.78. The van der Waals surface area contributed by atoms with Crippen molar-refractivity contribution in [1.29, 1.82) is 0 Å². The Morgan fingerprint density at radius 3 is 2.58 bits per heavy atom. The first-order chi connectivity index (χ1) is 18.4. The van der Waals surface area contributed by atoms with Gasteiger partial charge in [0.15, 0.2) is 5.78 Å². The van der Waals surface area contributed by atoms with Gasteiger partial charge < -0.3 is 4.57 Å². The number of ketones is 1. The summed E-state index contributed by atoms with van der Waals surface area (Å²) in [5.41, 5.74) is 3.29. The number of fused-ring (bicyclic) bond motifs is 1. The van der Waals surface area contributed by atoms with E-state index in [2.05, 4.69) is 35.8 Å². The number of nitrogens with one attached hydrogen (secondary N) is 2. The Morgan fingerprint density at radius 2 is 1.89 bits per heavy atom. The third-order valence-corrected chi connectivity index (χ3v) is 6.46. The molecule has 0 unspecified atom stereocenters. The van der Waals surface area contributed by atoms with E-state index in [1.807, 2.05) is 37.7 Å². The van der Waals surface area contributed by atoms with Gasteiger partial charge in [-0.3, -0.25) is 20.1 Å². The van der Waals surface area contributed by atoms with Gasteiger partial charge in [-0.05, 0) is 38.8 Å². The second kappa shape index (κ2) is 9.21. The SMILES string of the molecule is CC(C)n1cc(C(=O)c2ccc(NC(=O)Nc3cc(C4CC4)nn3-c3cnn(C)c3)nc2)c2cncnc21. The minimum Gasteiger partial charge on any atom is -0.329 e. The monoisotopic (exact) mass is 510 g/mol. The lowest BCUT2D eigenvalue weighted by Gasteiger charge is -2.09. The molecule has 0 saturated heterocycles. The first-order valence-corrected chi connectivity index (χ1v) is 12.4. The number of hydrogen-bond donors (Lipinski definition) is 2. The molecule has 1 saturated carbocycles. The molecule has 1 aliphatic carbocycles. The van der Waals surface area contributed by atoms with E-state index in [1.54, 1.807) is 40.1 Å². The first kappa shape index (κ1) is 23.5. The second-order valence-corrected chi connectivity index (χ2v) is 9.66. The summed E-state index contributed by atoms with van der Waals surface area (Å²) in [5, 5.41) is 15.1. The van der Waals surface area contributed by atoms with Gasteiger partial charge in [-0.1, -0.05) is 0 Å². The number of urea groups is 1. The van der Waals surface area contributed by atoms with Gasteiger partial charge in [0.05, 0.1) is 23.7 Å². The van der Waals surface area contributed by atoms with Crippen molar-refractivity contribution >= 4 is 34.5 Å². The van der Waals surface area contributed by atoms with Crippen LogP contribution in [0.3, 0.4) is 0 Å². The number of amides is 2. The van der Waals surface area contributed by atoms with Gasteiger partial charge in [-0.2, -0.15) is 10.2 Å². The van der Waals surface area contributed by atoms with Gasteiger partial charge in [0.1, 0.15) is 29.3 Å².